The largest absolute Gasteiger partial charge is 0.464 e. The van der Waals surface area contributed by atoms with Crippen LogP contribution in [0.15, 0.2) is 30.3 Å². The third kappa shape index (κ3) is 5.00. The minimum Gasteiger partial charge on any atom is -0.464 e. The number of carbonyl (C=O) groups excluding carboxylic acids is 1. The van der Waals surface area contributed by atoms with Crippen molar-refractivity contribution in [1.82, 2.24) is 0 Å². The molecule has 0 spiro atoms. The fourth-order valence-corrected chi connectivity index (χ4v) is 1.38. The van der Waals surface area contributed by atoms with Crippen molar-refractivity contribution >= 4 is 5.97 Å². The Hall–Kier alpha value is -1.35. The maximum Gasteiger partial charge on any atom is 0.311 e. The summed E-state index contributed by atoms with van der Waals surface area (Å²) in [7, 11) is 0. The smallest absolute Gasteiger partial charge is 0.311 e. The highest BCUT2D eigenvalue weighted by Gasteiger charge is 2.23. The van der Waals surface area contributed by atoms with Gasteiger partial charge in [-0.25, -0.2) is 0 Å². The molecule has 0 heterocycles. The van der Waals surface area contributed by atoms with Gasteiger partial charge in [-0.1, -0.05) is 30.3 Å². The lowest BCUT2D eigenvalue weighted by atomic mass is 9.97. The number of benzene rings is 1. The van der Waals surface area contributed by atoms with Gasteiger partial charge in [-0.3, -0.25) is 4.79 Å². The van der Waals surface area contributed by atoms with Crippen LogP contribution < -0.4 is 5.73 Å². The zero-order valence-electron chi connectivity index (χ0n) is 10.8. The Bertz CT molecular complexity index is 354. The predicted molar refractivity (Wildman–Crippen MR) is 68.5 cm³/mol. The summed E-state index contributed by atoms with van der Waals surface area (Å²) in [6.07, 6.45) is 0.720. The summed E-state index contributed by atoms with van der Waals surface area (Å²) >= 11 is 0. The molecule has 1 rings (SSSR count). The van der Waals surface area contributed by atoms with E-state index in [4.69, 9.17) is 10.5 Å². The van der Waals surface area contributed by atoms with Crippen molar-refractivity contribution in [3.63, 3.8) is 0 Å². The first-order valence-corrected chi connectivity index (χ1v) is 5.86. The quantitative estimate of drug-likeness (QED) is 0.813. The van der Waals surface area contributed by atoms with Gasteiger partial charge in [0.2, 0.25) is 0 Å². The van der Waals surface area contributed by atoms with Crippen LogP contribution in [0.25, 0.3) is 0 Å². The molecule has 0 aliphatic carbocycles. The zero-order valence-corrected chi connectivity index (χ0v) is 10.8. The summed E-state index contributed by atoms with van der Waals surface area (Å²) in [6.45, 7) is 5.76. The molecule has 0 unspecified atom stereocenters. The van der Waals surface area contributed by atoms with Crippen LogP contribution in [0.2, 0.25) is 0 Å². The number of rotatable bonds is 4. The molecule has 3 nitrogen and oxygen atoms in total. The van der Waals surface area contributed by atoms with E-state index in [1.54, 1.807) is 0 Å². The Morgan fingerprint density at radius 2 is 1.88 bits per heavy atom. The van der Waals surface area contributed by atoms with Crippen LogP contribution in [0, 0.1) is 5.41 Å². The van der Waals surface area contributed by atoms with Gasteiger partial charge >= 0.3 is 5.97 Å². The molecule has 1 aromatic rings. The van der Waals surface area contributed by atoms with E-state index in [2.05, 4.69) is 0 Å². The molecule has 1 aromatic carbocycles. The van der Waals surface area contributed by atoms with Crippen LogP contribution in [0.1, 0.15) is 26.3 Å². The first kappa shape index (κ1) is 13.7. The van der Waals surface area contributed by atoms with Crippen LogP contribution in [0.5, 0.6) is 0 Å². The van der Waals surface area contributed by atoms with Gasteiger partial charge in [-0.2, -0.15) is 0 Å². The summed E-state index contributed by atoms with van der Waals surface area (Å²) in [5.74, 6) is -0.207. The number of carbonyl (C=O) groups is 1. The third-order valence-electron chi connectivity index (χ3n) is 2.38. The molecule has 0 aromatic heterocycles. The van der Waals surface area contributed by atoms with E-state index < -0.39 is 5.41 Å². The van der Waals surface area contributed by atoms with E-state index in [1.165, 1.54) is 0 Å². The summed E-state index contributed by atoms with van der Waals surface area (Å²) in [4.78, 5) is 11.5. The highest BCUT2D eigenvalue weighted by molar-refractivity contribution is 5.75. The molecule has 0 aliphatic rings. The second-order valence-electron chi connectivity index (χ2n) is 5.30. The second kappa shape index (κ2) is 5.82. The van der Waals surface area contributed by atoms with E-state index in [-0.39, 0.29) is 18.6 Å². The number of esters is 1. The molecule has 0 aliphatic heterocycles. The van der Waals surface area contributed by atoms with Gasteiger partial charge in [0.15, 0.2) is 0 Å². The second-order valence-corrected chi connectivity index (χ2v) is 5.30. The topological polar surface area (TPSA) is 52.3 Å². The fourth-order valence-electron chi connectivity index (χ4n) is 1.38. The molecular weight excluding hydrogens is 214 g/mol. The summed E-state index contributed by atoms with van der Waals surface area (Å²) < 4.78 is 5.18. The molecule has 3 heteroatoms. The van der Waals surface area contributed by atoms with Crippen molar-refractivity contribution in [2.75, 3.05) is 6.61 Å². The van der Waals surface area contributed by atoms with Gasteiger partial charge in [0.1, 0.15) is 6.61 Å². The molecule has 0 fully saturated rings. The number of ether oxygens (including phenoxy) is 1. The highest BCUT2D eigenvalue weighted by Crippen LogP contribution is 2.15. The van der Waals surface area contributed by atoms with Gasteiger partial charge in [0, 0.05) is 6.04 Å². The Labute approximate surface area is 103 Å². The lowest BCUT2D eigenvalue weighted by molar-refractivity contribution is -0.153. The maximum atomic E-state index is 11.5. The van der Waals surface area contributed by atoms with Gasteiger partial charge in [0.05, 0.1) is 5.41 Å². The zero-order chi connectivity index (χ0) is 12.9. The normalized spacial score (nSPS) is 13.2. The van der Waals surface area contributed by atoms with Crippen molar-refractivity contribution in [2.24, 2.45) is 11.1 Å². The number of hydrogen-bond acceptors (Lipinski definition) is 3. The molecule has 0 bridgehead atoms. The van der Waals surface area contributed by atoms with E-state index in [1.807, 2.05) is 51.1 Å². The summed E-state index contributed by atoms with van der Waals surface area (Å²) in [5, 5.41) is 0. The molecule has 94 valence electrons. The predicted octanol–water partition coefficient (Wildman–Crippen LogP) is 2.15. The average molecular weight is 235 g/mol. The molecule has 0 saturated carbocycles. The van der Waals surface area contributed by atoms with E-state index in [0.29, 0.717) is 0 Å². The molecule has 0 saturated heterocycles. The van der Waals surface area contributed by atoms with E-state index in [9.17, 15) is 4.79 Å². The van der Waals surface area contributed by atoms with Crippen molar-refractivity contribution < 1.29 is 9.53 Å². The lowest BCUT2D eigenvalue weighted by Gasteiger charge is -2.19. The maximum absolute atomic E-state index is 11.5. The molecule has 17 heavy (non-hydrogen) atoms. The Kier molecular flexibility index (Phi) is 4.70. The standard InChI is InChI=1S/C14H21NO2/c1-14(2,3)13(16)17-10-12(15)9-11-7-5-4-6-8-11/h4-8,12H,9-10,15H2,1-3H3/t12-/m0/s1. The SMILES string of the molecule is CC(C)(C)C(=O)OC[C@@H](N)Cc1ccccc1. The van der Waals surface area contributed by atoms with Gasteiger partial charge in [-0.05, 0) is 32.8 Å². The van der Waals surface area contributed by atoms with Gasteiger partial charge in [-0.15, -0.1) is 0 Å². The van der Waals surface area contributed by atoms with Crippen LogP contribution in [0.4, 0.5) is 0 Å². The minimum absolute atomic E-state index is 0.149. The highest BCUT2D eigenvalue weighted by atomic mass is 16.5. The summed E-state index contributed by atoms with van der Waals surface area (Å²) in [5.41, 5.74) is 6.61. The third-order valence-corrected chi connectivity index (χ3v) is 2.38. The molecular formula is C14H21NO2. The van der Waals surface area contributed by atoms with Gasteiger partial charge in [0.25, 0.3) is 0 Å². The van der Waals surface area contributed by atoms with Crippen LogP contribution in [-0.2, 0) is 16.0 Å². The van der Waals surface area contributed by atoms with E-state index >= 15 is 0 Å². The lowest BCUT2D eigenvalue weighted by Crippen LogP contribution is -2.33. The first-order valence-electron chi connectivity index (χ1n) is 5.86. The molecule has 0 amide bonds. The van der Waals surface area contributed by atoms with Crippen molar-refractivity contribution in [3.8, 4) is 0 Å². The average Bonchev–Trinajstić information content (AvgIpc) is 2.26. The molecule has 1 atom stereocenters. The van der Waals surface area contributed by atoms with Crippen LogP contribution in [0.3, 0.4) is 0 Å². The van der Waals surface area contributed by atoms with Crippen LogP contribution in [-0.4, -0.2) is 18.6 Å². The number of hydrogen-bond donors (Lipinski definition) is 1. The monoisotopic (exact) mass is 235 g/mol. The minimum atomic E-state index is -0.466. The van der Waals surface area contributed by atoms with Gasteiger partial charge < -0.3 is 10.5 Å². The van der Waals surface area contributed by atoms with Crippen molar-refractivity contribution in [2.45, 2.75) is 33.2 Å². The Morgan fingerprint density at radius 1 is 1.29 bits per heavy atom. The van der Waals surface area contributed by atoms with Crippen molar-refractivity contribution in [1.29, 1.82) is 0 Å². The summed E-state index contributed by atoms with van der Waals surface area (Å²) in [6, 6.07) is 9.81. The number of nitrogens with two attached hydrogens (primary N) is 1. The Balaban J connectivity index is 2.36. The first-order chi connectivity index (χ1) is 7.89. The van der Waals surface area contributed by atoms with Crippen LogP contribution >= 0.6 is 0 Å². The fraction of sp³-hybridized carbons (Fsp3) is 0.500. The molecule has 2 N–H and O–H groups in total. The molecule has 0 radical (unpaired) electrons. The van der Waals surface area contributed by atoms with Crippen molar-refractivity contribution in [3.05, 3.63) is 35.9 Å². The Morgan fingerprint density at radius 3 is 2.41 bits per heavy atom. The van der Waals surface area contributed by atoms with E-state index in [0.717, 1.165) is 12.0 Å².